The van der Waals surface area contributed by atoms with Crippen molar-refractivity contribution in [1.82, 2.24) is 24.8 Å². The molecule has 2 aliphatic rings. The molecule has 3 heterocycles. The van der Waals surface area contributed by atoms with Gasteiger partial charge in [-0.05, 0) is 58.2 Å². The van der Waals surface area contributed by atoms with Crippen molar-refractivity contribution < 1.29 is 0 Å². The van der Waals surface area contributed by atoms with Gasteiger partial charge in [-0.1, -0.05) is 17.8 Å². The third-order valence-electron chi connectivity index (χ3n) is 6.42. The van der Waals surface area contributed by atoms with E-state index < -0.39 is 0 Å². The first-order valence-corrected chi connectivity index (χ1v) is 11.8. The van der Waals surface area contributed by atoms with Gasteiger partial charge in [0.1, 0.15) is 5.82 Å². The summed E-state index contributed by atoms with van der Waals surface area (Å²) in [6, 6.07) is 7.04. The monoisotopic (exact) mass is 412 g/mol. The molecule has 2 atom stereocenters. The number of thioether (sulfide) groups is 1. The minimum atomic E-state index is 0.202. The fourth-order valence-electron chi connectivity index (χ4n) is 4.39. The first-order chi connectivity index (χ1) is 14.1. The zero-order valence-corrected chi connectivity index (χ0v) is 18.8. The van der Waals surface area contributed by atoms with Crippen LogP contribution in [0.2, 0.25) is 0 Å². The van der Waals surface area contributed by atoms with Crippen molar-refractivity contribution in [3.05, 3.63) is 41.3 Å². The highest BCUT2D eigenvalue weighted by atomic mass is 32.2. The van der Waals surface area contributed by atoms with E-state index in [9.17, 15) is 0 Å². The van der Waals surface area contributed by atoms with Crippen LogP contribution in [0.1, 0.15) is 48.8 Å². The van der Waals surface area contributed by atoms with Gasteiger partial charge >= 0.3 is 0 Å². The first kappa shape index (κ1) is 20.6. The minimum absolute atomic E-state index is 0.202. The maximum Gasteiger partial charge on any atom is 0.189 e. The molecule has 156 valence electrons. The summed E-state index contributed by atoms with van der Waals surface area (Å²) in [5.74, 6) is 1.06. The Morgan fingerprint density at radius 3 is 2.76 bits per heavy atom. The second-order valence-electron chi connectivity index (χ2n) is 8.23. The lowest BCUT2D eigenvalue weighted by Crippen LogP contribution is -2.45. The fourth-order valence-corrected chi connectivity index (χ4v) is 4.77. The summed E-state index contributed by atoms with van der Waals surface area (Å²) >= 11 is 1.62. The van der Waals surface area contributed by atoms with Crippen molar-refractivity contribution in [3.8, 4) is 0 Å². The Hall–Kier alpha value is -1.70. The van der Waals surface area contributed by atoms with Gasteiger partial charge in [-0.3, -0.25) is 9.88 Å². The van der Waals surface area contributed by atoms with E-state index in [4.69, 9.17) is 15.0 Å². The predicted octanol–water partition coefficient (Wildman–Crippen LogP) is 3.42. The molecule has 4 rings (SSSR count). The molecule has 0 amide bonds. The summed E-state index contributed by atoms with van der Waals surface area (Å²) in [5.41, 5.74) is 3.74. The molecular formula is C22H32N6S. The Bertz CT molecular complexity index is 836. The van der Waals surface area contributed by atoms with E-state index >= 15 is 0 Å². The zero-order valence-electron chi connectivity index (χ0n) is 18.0. The van der Waals surface area contributed by atoms with Crippen LogP contribution in [0.25, 0.3) is 0 Å². The quantitative estimate of drug-likeness (QED) is 0.551. The van der Waals surface area contributed by atoms with Gasteiger partial charge in [0, 0.05) is 44.5 Å². The molecule has 0 spiro atoms. The summed E-state index contributed by atoms with van der Waals surface area (Å²) in [7, 11) is 4.40. The molecule has 1 aliphatic carbocycles. The van der Waals surface area contributed by atoms with Crippen LogP contribution in [0.5, 0.6) is 0 Å². The number of hydrogen-bond donors (Lipinski definition) is 0. The molecular weight excluding hydrogens is 380 g/mol. The van der Waals surface area contributed by atoms with Crippen molar-refractivity contribution in [3.63, 3.8) is 0 Å². The molecule has 0 unspecified atom stereocenters. The average Bonchev–Trinajstić information content (AvgIpc) is 2.77. The number of aromatic nitrogens is 3. The lowest BCUT2D eigenvalue weighted by atomic mass is 9.90. The molecule has 29 heavy (non-hydrogen) atoms. The van der Waals surface area contributed by atoms with Crippen molar-refractivity contribution in [2.75, 3.05) is 51.4 Å². The normalized spacial score (nSPS) is 21.3. The summed E-state index contributed by atoms with van der Waals surface area (Å²) in [5, 5.41) is 0.860. The zero-order chi connectivity index (χ0) is 20.4. The molecule has 1 aliphatic heterocycles. The number of piperazine rings is 1. The van der Waals surface area contributed by atoms with Gasteiger partial charge in [0.15, 0.2) is 5.16 Å². The number of pyridine rings is 1. The van der Waals surface area contributed by atoms with E-state index in [1.807, 2.05) is 6.20 Å². The van der Waals surface area contributed by atoms with E-state index in [1.54, 1.807) is 11.8 Å². The van der Waals surface area contributed by atoms with Gasteiger partial charge in [-0.15, -0.1) is 0 Å². The van der Waals surface area contributed by atoms with Crippen LogP contribution in [0.4, 0.5) is 5.82 Å². The number of hydrogen-bond acceptors (Lipinski definition) is 7. The Kier molecular flexibility index (Phi) is 6.37. The minimum Gasteiger partial charge on any atom is -0.354 e. The molecule has 0 saturated carbocycles. The highest BCUT2D eigenvalue weighted by Gasteiger charge is 2.29. The predicted molar refractivity (Wildman–Crippen MR) is 120 cm³/mol. The summed E-state index contributed by atoms with van der Waals surface area (Å²) in [6.07, 6.45) is 7.49. The standard InChI is InChI=1S/C22H32N6S/c1-16(27(3)19-9-5-7-17-8-6-10-23-21(17)19)18-15-20(25-22(24-18)29-4)28-13-11-26(2)12-14-28/h6,8,10,15-16,19H,5,7,9,11-14H2,1-4H3/t16-,19+/m0/s1. The summed E-state index contributed by atoms with van der Waals surface area (Å²) in [4.78, 5) is 21.7. The van der Waals surface area contributed by atoms with Gasteiger partial charge in [0.25, 0.3) is 0 Å². The number of nitrogens with zero attached hydrogens (tertiary/aromatic N) is 6. The third-order valence-corrected chi connectivity index (χ3v) is 6.97. The van der Waals surface area contributed by atoms with Crippen LogP contribution in [-0.4, -0.2) is 71.3 Å². The number of anilines is 1. The number of rotatable bonds is 5. The molecule has 7 heteroatoms. The van der Waals surface area contributed by atoms with Gasteiger partial charge in [-0.2, -0.15) is 0 Å². The molecule has 1 saturated heterocycles. The lowest BCUT2D eigenvalue weighted by Gasteiger charge is -2.36. The van der Waals surface area contributed by atoms with Crippen molar-refractivity contribution >= 4 is 17.6 Å². The van der Waals surface area contributed by atoms with Crippen LogP contribution >= 0.6 is 11.8 Å². The van der Waals surface area contributed by atoms with Gasteiger partial charge < -0.3 is 9.80 Å². The largest absolute Gasteiger partial charge is 0.354 e. The van der Waals surface area contributed by atoms with E-state index in [1.165, 1.54) is 17.7 Å². The number of likely N-dealkylation sites (N-methyl/N-ethyl adjacent to an activating group) is 1. The highest BCUT2D eigenvalue weighted by Crippen LogP contribution is 2.36. The summed E-state index contributed by atoms with van der Waals surface area (Å²) in [6.45, 7) is 6.45. The van der Waals surface area contributed by atoms with Gasteiger partial charge in [-0.25, -0.2) is 9.97 Å². The second-order valence-corrected chi connectivity index (χ2v) is 9.00. The van der Waals surface area contributed by atoms with E-state index in [0.29, 0.717) is 6.04 Å². The van der Waals surface area contributed by atoms with Crippen LogP contribution in [0.15, 0.2) is 29.6 Å². The van der Waals surface area contributed by atoms with Gasteiger partial charge in [0.05, 0.1) is 17.4 Å². The Balaban J connectivity index is 1.59. The number of aryl methyl sites for hydroxylation is 1. The van der Waals surface area contributed by atoms with E-state index in [0.717, 1.165) is 55.7 Å². The number of fused-ring (bicyclic) bond motifs is 1. The second kappa shape index (κ2) is 8.98. The molecule has 0 radical (unpaired) electrons. The molecule has 0 bridgehead atoms. The first-order valence-electron chi connectivity index (χ1n) is 10.6. The summed E-state index contributed by atoms with van der Waals surface area (Å²) < 4.78 is 0. The third kappa shape index (κ3) is 4.42. The molecule has 2 aromatic rings. The molecule has 0 aromatic carbocycles. The van der Waals surface area contributed by atoms with Crippen LogP contribution in [0.3, 0.4) is 0 Å². The van der Waals surface area contributed by atoms with Crippen LogP contribution in [0, 0.1) is 0 Å². The maximum atomic E-state index is 4.89. The molecule has 6 nitrogen and oxygen atoms in total. The van der Waals surface area contributed by atoms with Crippen LogP contribution in [-0.2, 0) is 6.42 Å². The van der Waals surface area contributed by atoms with Gasteiger partial charge in [0.2, 0.25) is 0 Å². The molecule has 0 N–H and O–H groups in total. The van der Waals surface area contributed by atoms with Crippen molar-refractivity contribution in [2.45, 2.75) is 43.4 Å². The highest BCUT2D eigenvalue weighted by molar-refractivity contribution is 7.98. The van der Waals surface area contributed by atoms with E-state index in [2.05, 4.69) is 60.2 Å². The van der Waals surface area contributed by atoms with E-state index in [-0.39, 0.29) is 6.04 Å². The average molecular weight is 413 g/mol. The Morgan fingerprint density at radius 1 is 1.21 bits per heavy atom. The SMILES string of the molecule is CSc1nc([C@H](C)N(C)[C@@H]2CCCc3cccnc32)cc(N2CCN(C)CC2)n1. The molecule has 1 fully saturated rings. The van der Waals surface area contributed by atoms with Crippen LogP contribution < -0.4 is 4.90 Å². The Labute approximate surface area is 178 Å². The van der Waals surface area contributed by atoms with Crippen molar-refractivity contribution in [1.29, 1.82) is 0 Å². The Morgan fingerprint density at radius 2 is 2.00 bits per heavy atom. The lowest BCUT2D eigenvalue weighted by molar-refractivity contribution is 0.161. The fraction of sp³-hybridized carbons (Fsp3) is 0.591. The maximum absolute atomic E-state index is 4.89. The van der Waals surface area contributed by atoms with Crippen molar-refractivity contribution in [2.24, 2.45) is 0 Å². The molecule has 2 aromatic heterocycles. The smallest absolute Gasteiger partial charge is 0.189 e. The topological polar surface area (TPSA) is 48.4 Å².